The third-order valence-electron chi connectivity index (χ3n) is 4.93. The molecule has 2 aromatic rings. The highest BCUT2D eigenvalue weighted by Crippen LogP contribution is 2.47. The van der Waals surface area contributed by atoms with Gasteiger partial charge in [-0.15, -0.1) is 0 Å². The minimum atomic E-state index is -0.0760. The maximum atomic E-state index is 11.7. The first-order valence-corrected chi connectivity index (χ1v) is 8.98. The monoisotopic (exact) mass is 350 g/mol. The van der Waals surface area contributed by atoms with Crippen LogP contribution in [0, 0.1) is 0 Å². The fraction of sp³-hybridized carbons (Fsp3) is 0.333. The lowest BCUT2D eigenvalue weighted by Crippen LogP contribution is -2.40. The molecule has 3 rings (SSSR count). The molecule has 3 N–H and O–H groups in total. The van der Waals surface area contributed by atoms with Crippen LogP contribution in [0.15, 0.2) is 59.6 Å². The molecule has 0 aliphatic heterocycles. The summed E-state index contributed by atoms with van der Waals surface area (Å²) in [6.45, 7) is 1.48. The summed E-state index contributed by atoms with van der Waals surface area (Å²) in [5, 5.41) is 9.43. The molecule has 0 bridgehead atoms. The number of hydrogen-bond donors (Lipinski definition) is 3. The molecule has 0 saturated heterocycles. The highest BCUT2D eigenvalue weighted by Gasteiger charge is 2.43. The van der Waals surface area contributed by atoms with Crippen LogP contribution in [0.4, 0.5) is 0 Å². The molecule has 26 heavy (non-hydrogen) atoms. The van der Waals surface area contributed by atoms with Crippen LogP contribution in [0.2, 0.25) is 0 Å². The third kappa shape index (κ3) is 4.23. The van der Waals surface area contributed by atoms with E-state index in [1.54, 1.807) is 14.1 Å². The molecule has 1 saturated carbocycles. The van der Waals surface area contributed by atoms with Crippen molar-refractivity contribution in [2.24, 2.45) is 4.99 Å². The molecule has 2 aromatic carbocycles. The van der Waals surface area contributed by atoms with E-state index >= 15 is 0 Å². The molecule has 5 heteroatoms. The number of nitrogens with zero attached hydrogens (tertiary/aromatic N) is 1. The lowest BCUT2D eigenvalue weighted by atomic mass is 9.96. The summed E-state index contributed by atoms with van der Waals surface area (Å²) >= 11 is 0. The largest absolute Gasteiger partial charge is 0.356 e. The van der Waals surface area contributed by atoms with Gasteiger partial charge in [-0.25, -0.2) is 0 Å². The van der Waals surface area contributed by atoms with E-state index in [0.29, 0.717) is 12.1 Å². The van der Waals surface area contributed by atoms with Crippen molar-refractivity contribution >= 4 is 11.9 Å². The molecule has 1 fully saturated rings. The summed E-state index contributed by atoms with van der Waals surface area (Å²) in [7, 11) is 3.41. The molecule has 0 spiro atoms. The van der Waals surface area contributed by atoms with Crippen LogP contribution in [0.25, 0.3) is 0 Å². The predicted octanol–water partition coefficient (Wildman–Crippen LogP) is 2.44. The Hall–Kier alpha value is -2.82. The van der Waals surface area contributed by atoms with E-state index in [4.69, 9.17) is 0 Å². The molecule has 0 atom stereocenters. The lowest BCUT2D eigenvalue weighted by Gasteiger charge is -2.19. The fourth-order valence-corrected chi connectivity index (χ4v) is 3.14. The van der Waals surface area contributed by atoms with Crippen molar-refractivity contribution in [1.29, 1.82) is 0 Å². The first-order chi connectivity index (χ1) is 12.7. The Morgan fingerprint density at radius 3 is 2.50 bits per heavy atom. The standard InChI is InChI=1S/C21H26N4O/c1-22-19(26)17-8-6-7-16(13-17)14-24-20(23-2)25-15-21(11-12-21)18-9-4-3-5-10-18/h3-10,13H,11-12,14-15H2,1-2H3,(H,22,26)(H2,23,24,25). The second kappa shape index (κ2) is 8.04. The molecule has 1 aliphatic carbocycles. The van der Waals surface area contributed by atoms with Crippen LogP contribution >= 0.6 is 0 Å². The van der Waals surface area contributed by atoms with Crippen molar-refractivity contribution in [1.82, 2.24) is 16.0 Å². The topological polar surface area (TPSA) is 65.5 Å². The summed E-state index contributed by atoms with van der Waals surface area (Å²) < 4.78 is 0. The van der Waals surface area contributed by atoms with Gasteiger partial charge in [0.25, 0.3) is 5.91 Å². The highest BCUT2D eigenvalue weighted by molar-refractivity contribution is 5.94. The Bertz CT molecular complexity index is 782. The minimum Gasteiger partial charge on any atom is -0.356 e. The van der Waals surface area contributed by atoms with Gasteiger partial charge in [0.2, 0.25) is 0 Å². The Morgan fingerprint density at radius 2 is 1.85 bits per heavy atom. The van der Waals surface area contributed by atoms with E-state index in [1.807, 2.05) is 24.3 Å². The van der Waals surface area contributed by atoms with Gasteiger partial charge in [-0.1, -0.05) is 42.5 Å². The highest BCUT2D eigenvalue weighted by atomic mass is 16.1. The summed E-state index contributed by atoms with van der Waals surface area (Å²) in [6, 6.07) is 18.3. The van der Waals surface area contributed by atoms with Crippen LogP contribution in [0.1, 0.15) is 34.3 Å². The number of carbonyl (C=O) groups excluding carboxylic acids is 1. The molecular formula is C21H26N4O. The van der Waals surface area contributed by atoms with Crippen molar-refractivity contribution in [3.63, 3.8) is 0 Å². The van der Waals surface area contributed by atoms with Crippen molar-refractivity contribution < 1.29 is 4.79 Å². The van der Waals surface area contributed by atoms with Gasteiger partial charge >= 0.3 is 0 Å². The third-order valence-corrected chi connectivity index (χ3v) is 4.93. The van der Waals surface area contributed by atoms with E-state index in [0.717, 1.165) is 18.1 Å². The van der Waals surface area contributed by atoms with Gasteiger partial charge in [0.15, 0.2) is 5.96 Å². The number of guanidine groups is 1. The van der Waals surface area contributed by atoms with E-state index in [1.165, 1.54) is 18.4 Å². The number of carbonyl (C=O) groups is 1. The van der Waals surface area contributed by atoms with Crippen LogP contribution in [-0.2, 0) is 12.0 Å². The van der Waals surface area contributed by atoms with Gasteiger partial charge in [-0.2, -0.15) is 0 Å². The number of hydrogen-bond acceptors (Lipinski definition) is 2. The Labute approximate surface area is 154 Å². The second-order valence-corrected chi connectivity index (χ2v) is 6.71. The first-order valence-electron chi connectivity index (χ1n) is 8.98. The summed E-state index contributed by atoms with van der Waals surface area (Å²) in [5.74, 6) is 0.699. The smallest absolute Gasteiger partial charge is 0.251 e. The molecule has 0 aromatic heterocycles. The normalized spacial score (nSPS) is 15.2. The molecule has 1 amide bonds. The zero-order chi connectivity index (χ0) is 18.4. The zero-order valence-electron chi connectivity index (χ0n) is 15.4. The number of nitrogens with one attached hydrogen (secondary N) is 3. The van der Waals surface area contributed by atoms with Gasteiger partial charge in [0.05, 0.1) is 0 Å². The van der Waals surface area contributed by atoms with Crippen LogP contribution in [0.5, 0.6) is 0 Å². The average Bonchev–Trinajstić information content (AvgIpc) is 3.49. The van der Waals surface area contributed by atoms with E-state index < -0.39 is 0 Å². The number of rotatable bonds is 6. The second-order valence-electron chi connectivity index (χ2n) is 6.71. The van der Waals surface area contributed by atoms with Crippen molar-refractivity contribution in [3.05, 3.63) is 71.3 Å². The molecule has 0 heterocycles. The average molecular weight is 350 g/mol. The van der Waals surface area contributed by atoms with Crippen LogP contribution in [0.3, 0.4) is 0 Å². The predicted molar refractivity (Wildman–Crippen MR) is 105 cm³/mol. The van der Waals surface area contributed by atoms with E-state index in [2.05, 4.69) is 51.3 Å². The van der Waals surface area contributed by atoms with Gasteiger partial charge in [0, 0.05) is 38.2 Å². The van der Waals surface area contributed by atoms with Crippen molar-refractivity contribution in [2.45, 2.75) is 24.8 Å². The minimum absolute atomic E-state index is 0.0760. The molecule has 0 unspecified atom stereocenters. The van der Waals surface area contributed by atoms with Crippen molar-refractivity contribution in [3.8, 4) is 0 Å². The number of aliphatic imine (C=N–C) groups is 1. The Kier molecular flexibility index (Phi) is 5.56. The van der Waals surface area contributed by atoms with Crippen LogP contribution < -0.4 is 16.0 Å². The first kappa shape index (κ1) is 18.0. The van der Waals surface area contributed by atoms with Crippen LogP contribution in [-0.4, -0.2) is 32.5 Å². The Balaban J connectivity index is 1.55. The zero-order valence-corrected chi connectivity index (χ0v) is 15.4. The quantitative estimate of drug-likeness (QED) is 0.554. The molecule has 1 aliphatic rings. The maximum Gasteiger partial charge on any atom is 0.251 e. The fourth-order valence-electron chi connectivity index (χ4n) is 3.14. The number of amides is 1. The molecular weight excluding hydrogens is 324 g/mol. The van der Waals surface area contributed by atoms with E-state index in [-0.39, 0.29) is 11.3 Å². The van der Waals surface area contributed by atoms with E-state index in [9.17, 15) is 4.79 Å². The molecule has 5 nitrogen and oxygen atoms in total. The number of benzene rings is 2. The Morgan fingerprint density at radius 1 is 1.08 bits per heavy atom. The molecule has 136 valence electrons. The van der Waals surface area contributed by atoms with Gasteiger partial charge in [-0.05, 0) is 36.1 Å². The summed E-state index contributed by atoms with van der Waals surface area (Å²) in [4.78, 5) is 16.1. The lowest BCUT2D eigenvalue weighted by molar-refractivity contribution is 0.0963. The molecule has 0 radical (unpaired) electrons. The summed E-state index contributed by atoms with van der Waals surface area (Å²) in [6.07, 6.45) is 2.41. The van der Waals surface area contributed by atoms with Gasteiger partial charge < -0.3 is 16.0 Å². The van der Waals surface area contributed by atoms with Gasteiger partial charge in [0.1, 0.15) is 0 Å². The SMILES string of the molecule is CN=C(NCc1cccc(C(=O)NC)c1)NCC1(c2ccccc2)CC1. The van der Waals surface area contributed by atoms with Gasteiger partial charge in [-0.3, -0.25) is 9.79 Å². The maximum absolute atomic E-state index is 11.7. The van der Waals surface area contributed by atoms with Crippen molar-refractivity contribution in [2.75, 3.05) is 20.6 Å². The summed E-state index contributed by atoms with van der Waals surface area (Å²) in [5.41, 5.74) is 3.33.